The molecule has 0 aromatic rings. The van der Waals surface area contributed by atoms with Gasteiger partial charge in [-0.3, -0.25) is 4.79 Å². The van der Waals surface area contributed by atoms with Crippen molar-refractivity contribution in [1.29, 1.82) is 0 Å². The summed E-state index contributed by atoms with van der Waals surface area (Å²) in [5.74, 6) is 0.952. The number of sulfonamides is 1. The zero-order valence-electron chi connectivity index (χ0n) is 18.3. The van der Waals surface area contributed by atoms with Crippen LogP contribution >= 0.6 is 0 Å². The Hall–Kier alpha value is -1.39. The first-order valence-electron chi connectivity index (χ1n) is 11.2. The van der Waals surface area contributed by atoms with E-state index in [9.17, 15) is 13.2 Å². The molecule has 3 rings (SSSR count). The summed E-state index contributed by atoms with van der Waals surface area (Å²) in [4.78, 5) is 20.1. The van der Waals surface area contributed by atoms with E-state index in [-0.39, 0.29) is 18.5 Å². The third kappa shape index (κ3) is 6.55. The molecule has 9 nitrogen and oxygen atoms in total. The van der Waals surface area contributed by atoms with Gasteiger partial charge in [-0.25, -0.2) is 18.1 Å². The number of hydrogen-bond donors (Lipinski definition) is 2. The standard InChI is InChI=1S/C20H37N5O4S/c1-24(2)19(26)13-22-20(21-12-16-9-11-29-15-16)25-10-5-8-18(14-25)30(27,28)23-17-6-3-4-7-17/h16-18,23H,3-15H2,1-2H3,(H,21,22). The lowest BCUT2D eigenvalue weighted by Crippen LogP contribution is -2.53. The fourth-order valence-electron chi connectivity index (χ4n) is 4.29. The number of rotatable bonds is 7. The predicted octanol–water partition coefficient (Wildman–Crippen LogP) is 0.383. The second-order valence-corrected chi connectivity index (χ2v) is 10.9. The van der Waals surface area contributed by atoms with E-state index in [4.69, 9.17) is 4.74 Å². The molecule has 3 aliphatic rings. The second kappa shape index (κ2) is 10.8. The van der Waals surface area contributed by atoms with Crippen molar-refractivity contribution in [2.45, 2.75) is 56.2 Å². The summed E-state index contributed by atoms with van der Waals surface area (Å²) in [6.07, 6.45) is 6.48. The van der Waals surface area contributed by atoms with Gasteiger partial charge in [-0.2, -0.15) is 0 Å². The van der Waals surface area contributed by atoms with E-state index in [0.29, 0.717) is 31.4 Å². The van der Waals surface area contributed by atoms with Gasteiger partial charge in [-0.05, 0) is 32.1 Å². The molecule has 2 heterocycles. The molecule has 2 N–H and O–H groups in total. The molecule has 172 valence electrons. The molecule has 2 aliphatic heterocycles. The van der Waals surface area contributed by atoms with Crippen LogP contribution in [0.15, 0.2) is 4.99 Å². The number of hydrogen-bond acceptors (Lipinski definition) is 5. The Morgan fingerprint density at radius 3 is 2.60 bits per heavy atom. The van der Waals surface area contributed by atoms with E-state index in [1.54, 1.807) is 14.1 Å². The largest absolute Gasteiger partial charge is 0.381 e. The monoisotopic (exact) mass is 443 g/mol. The summed E-state index contributed by atoms with van der Waals surface area (Å²) in [7, 11) is 0.0366. The van der Waals surface area contributed by atoms with E-state index in [2.05, 4.69) is 15.0 Å². The minimum atomic E-state index is -3.38. The molecule has 0 radical (unpaired) electrons. The molecule has 2 unspecified atom stereocenters. The van der Waals surface area contributed by atoms with Crippen molar-refractivity contribution in [3.05, 3.63) is 0 Å². The molecule has 3 fully saturated rings. The van der Waals surface area contributed by atoms with Crippen molar-refractivity contribution in [3.63, 3.8) is 0 Å². The van der Waals surface area contributed by atoms with Crippen molar-refractivity contribution in [2.24, 2.45) is 10.9 Å². The summed E-state index contributed by atoms with van der Waals surface area (Å²) in [6.45, 7) is 3.38. The number of amides is 1. The van der Waals surface area contributed by atoms with Crippen LogP contribution in [0.1, 0.15) is 44.9 Å². The Bertz CT molecular complexity index is 700. The molecule has 1 aliphatic carbocycles. The lowest BCUT2D eigenvalue weighted by Gasteiger charge is -2.35. The number of guanidine groups is 1. The number of aliphatic imine (C=N–C) groups is 1. The van der Waals surface area contributed by atoms with Gasteiger partial charge in [0, 0.05) is 52.3 Å². The van der Waals surface area contributed by atoms with Gasteiger partial charge in [0.05, 0.1) is 11.9 Å². The van der Waals surface area contributed by atoms with Crippen LogP contribution in [-0.4, -0.2) is 94.9 Å². The molecule has 2 saturated heterocycles. The first-order valence-corrected chi connectivity index (χ1v) is 12.7. The summed E-state index contributed by atoms with van der Waals surface area (Å²) in [5.41, 5.74) is 0. The zero-order chi connectivity index (χ0) is 21.6. The molecule has 0 aromatic heterocycles. The molecule has 2 atom stereocenters. The molecule has 0 bridgehead atoms. The molecular weight excluding hydrogens is 406 g/mol. The number of likely N-dealkylation sites (N-methyl/N-ethyl adjacent to an activating group) is 1. The Kier molecular flexibility index (Phi) is 8.35. The first-order chi connectivity index (χ1) is 14.3. The van der Waals surface area contributed by atoms with Crippen LogP contribution in [0.2, 0.25) is 0 Å². The number of piperidine rings is 1. The van der Waals surface area contributed by atoms with E-state index in [1.807, 2.05) is 4.90 Å². The van der Waals surface area contributed by atoms with Crippen molar-refractivity contribution >= 4 is 21.9 Å². The van der Waals surface area contributed by atoms with Crippen LogP contribution in [0.3, 0.4) is 0 Å². The molecule has 0 aromatic carbocycles. The zero-order valence-corrected chi connectivity index (χ0v) is 19.1. The lowest BCUT2D eigenvalue weighted by molar-refractivity contribution is -0.127. The Morgan fingerprint density at radius 2 is 1.93 bits per heavy atom. The van der Waals surface area contributed by atoms with Gasteiger partial charge < -0.3 is 19.9 Å². The highest BCUT2D eigenvalue weighted by molar-refractivity contribution is 7.90. The van der Waals surface area contributed by atoms with Crippen LogP contribution < -0.4 is 10.0 Å². The third-order valence-electron chi connectivity index (χ3n) is 6.24. The smallest absolute Gasteiger partial charge is 0.243 e. The van der Waals surface area contributed by atoms with Gasteiger partial charge in [-0.15, -0.1) is 0 Å². The van der Waals surface area contributed by atoms with E-state index in [0.717, 1.165) is 58.3 Å². The maximum Gasteiger partial charge on any atom is 0.243 e. The molecule has 1 amide bonds. The Balaban J connectivity index is 1.65. The summed E-state index contributed by atoms with van der Waals surface area (Å²) in [6, 6.07) is 0.0803. The summed E-state index contributed by atoms with van der Waals surface area (Å²) < 4.78 is 34.3. The van der Waals surface area contributed by atoms with Crippen LogP contribution in [0.25, 0.3) is 0 Å². The second-order valence-electron chi connectivity index (χ2n) is 8.89. The minimum absolute atomic E-state index is 0.0464. The van der Waals surface area contributed by atoms with Gasteiger partial charge in [0.1, 0.15) is 6.54 Å². The fraction of sp³-hybridized carbons (Fsp3) is 0.900. The Labute approximate surface area is 180 Å². The van der Waals surface area contributed by atoms with Crippen molar-refractivity contribution < 1.29 is 17.9 Å². The third-order valence-corrected chi connectivity index (χ3v) is 8.16. The number of nitrogens with one attached hydrogen (secondary N) is 2. The summed E-state index contributed by atoms with van der Waals surface area (Å²) in [5, 5.41) is 2.92. The van der Waals surface area contributed by atoms with Crippen LogP contribution in [0.5, 0.6) is 0 Å². The molecule has 1 saturated carbocycles. The molecular formula is C20H37N5O4S. The highest BCUT2D eigenvalue weighted by atomic mass is 32.2. The summed E-state index contributed by atoms with van der Waals surface area (Å²) >= 11 is 0. The minimum Gasteiger partial charge on any atom is -0.381 e. The van der Waals surface area contributed by atoms with Gasteiger partial charge in [-0.1, -0.05) is 12.8 Å². The van der Waals surface area contributed by atoms with Crippen molar-refractivity contribution in [1.82, 2.24) is 19.8 Å². The van der Waals surface area contributed by atoms with E-state index in [1.165, 1.54) is 4.90 Å². The number of likely N-dealkylation sites (tertiary alicyclic amines) is 1. The van der Waals surface area contributed by atoms with E-state index < -0.39 is 15.3 Å². The number of carbonyl (C=O) groups is 1. The SMILES string of the molecule is CN(C)C(=O)CN=C(NCC1CCOC1)N1CCCC(S(=O)(=O)NC2CCCC2)C1. The highest BCUT2D eigenvalue weighted by Gasteiger charge is 2.34. The quantitative estimate of drug-likeness (QED) is 0.436. The van der Waals surface area contributed by atoms with Crippen molar-refractivity contribution in [2.75, 3.05) is 53.5 Å². The van der Waals surface area contributed by atoms with Gasteiger partial charge in [0.25, 0.3) is 0 Å². The predicted molar refractivity (Wildman–Crippen MR) is 117 cm³/mol. The fourth-order valence-corrected chi connectivity index (χ4v) is 6.03. The lowest BCUT2D eigenvalue weighted by atomic mass is 10.1. The maximum atomic E-state index is 13.0. The maximum absolute atomic E-state index is 13.0. The average Bonchev–Trinajstić information content (AvgIpc) is 3.41. The first kappa shape index (κ1) is 23.3. The van der Waals surface area contributed by atoms with Crippen LogP contribution in [-0.2, 0) is 19.6 Å². The highest BCUT2D eigenvalue weighted by Crippen LogP contribution is 2.22. The molecule has 30 heavy (non-hydrogen) atoms. The average molecular weight is 444 g/mol. The van der Waals surface area contributed by atoms with Crippen LogP contribution in [0, 0.1) is 5.92 Å². The van der Waals surface area contributed by atoms with Crippen molar-refractivity contribution in [3.8, 4) is 0 Å². The van der Waals surface area contributed by atoms with Gasteiger partial charge in [0.15, 0.2) is 5.96 Å². The van der Waals surface area contributed by atoms with E-state index >= 15 is 0 Å². The van der Waals surface area contributed by atoms with Crippen LogP contribution in [0.4, 0.5) is 0 Å². The van der Waals surface area contributed by atoms with Gasteiger partial charge >= 0.3 is 0 Å². The Morgan fingerprint density at radius 1 is 1.17 bits per heavy atom. The molecule has 10 heteroatoms. The number of ether oxygens (including phenoxy) is 1. The van der Waals surface area contributed by atoms with Gasteiger partial charge in [0.2, 0.25) is 15.9 Å². The number of carbonyl (C=O) groups excluding carboxylic acids is 1. The normalized spacial score (nSPS) is 26.2. The molecule has 0 spiro atoms. The number of nitrogens with zero attached hydrogens (tertiary/aromatic N) is 3. The topological polar surface area (TPSA) is 103 Å².